The molecule has 0 aliphatic rings. The summed E-state index contributed by atoms with van der Waals surface area (Å²) in [6, 6.07) is 0. The molecule has 5 nitrogen and oxygen atoms in total. The molecule has 1 aromatic heterocycles. The molecular formula is C33H64N2O3. The smallest absolute Gasteiger partial charge is 0.0997 e. The molecule has 224 valence electrons. The summed E-state index contributed by atoms with van der Waals surface area (Å²) in [6.07, 6.45) is 8.41. The summed E-state index contributed by atoms with van der Waals surface area (Å²) in [7, 11) is 0. The van der Waals surface area contributed by atoms with Gasteiger partial charge in [0.15, 0.2) is 0 Å². The Morgan fingerprint density at radius 2 is 1.50 bits per heavy atom. The fraction of sp³-hybridized carbons (Fsp3) is 0.818. The molecular weight excluding hydrogens is 472 g/mol. The van der Waals surface area contributed by atoms with E-state index in [9.17, 15) is 5.11 Å². The average Bonchev–Trinajstić information content (AvgIpc) is 2.79. The van der Waals surface area contributed by atoms with Crippen molar-refractivity contribution in [2.45, 2.75) is 141 Å². The number of rotatable bonds is 12. The van der Waals surface area contributed by atoms with E-state index in [1.807, 2.05) is 6.92 Å². The lowest BCUT2D eigenvalue weighted by atomic mass is 9.87. The van der Waals surface area contributed by atoms with Gasteiger partial charge in [0.25, 0.3) is 0 Å². The molecule has 5 heteroatoms. The largest absolute Gasteiger partial charge is 0.387 e. The predicted octanol–water partition coefficient (Wildman–Crippen LogP) is 9.37. The van der Waals surface area contributed by atoms with Crippen LogP contribution >= 0.6 is 0 Å². The molecule has 0 aliphatic heterocycles. The molecule has 0 amide bonds. The lowest BCUT2D eigenvalue weighted by molar-refractivity contribution is -0.0428. The van der Waals surface area contributed by atoms with Crippen molar-refractivity contribution in [2.75, 3.05) is 19.8 Å². The van der Waals surface area contributed by atoms with Gasteiger partial charge in [-0.05, 0) is 58.4 Å². The summed E-state index contributed by atoms with van der Waals surface area (Å²) in [6.45, 7) is 31.7. The Labute approximate surface area is 237 Å². The lowest BCUT2D eigenvalue weighted by Crippen LogP contribution is -2.26. The van der Waals surface area contributed by atoms with Gasteiger partial charge in [-0.25, -0.2) is 0 Å². The van der Waals surface area contributed by atoms with Gasteiger partial charge >= 0.3 is 0 Å². The van der Waals surface area contributed by atoms with Crippen molar-refractivity contribution in [1.29, 1.82) is 0 Å². The minimum atomic E-state index is -0.673. The topological polar surface area (TPSA) is 64.5 Å². The first-order chi connectivity index (χ1) is 17.5. The Balaban J connectivity index is 0. The zero-order chi connectivity index (χ0) is 29.9. The second-order valence-corrected chi connectivity index (χ2v) is 13.0. The van der Waals surface area contributed by atoms with E-state index in [1.54, 1.807) is 6.20 Å². The monoisotopic (exact) mass is 536 g/mol. The number of aryl methyl sites for hydroxylation is 1. The van der Waals surface area contributed by atoms with Gasteiger partial charge in [0, 0.05) is 18.9 Å². The van der Waals surface area contributed by atoms with Crippen molar-refractivity contribution in [3.63, 3.8) is 0 Å². The normalized spacial score (nSPS) is 13.8. The zero-order valence-corrected chi connectivity index (χ0v) is 27.7. The molecule has 2 unspecified atom stereocenters. The molecule has 1 aromatic rings. The first-order valence-electron chi connectivity index (χ1n) is 14.9. The summed E-state index contributed by atoms with van der Waals surface area (Å²) in [5.41, 5.74) is 3.50. The van der Waals surface area contributed by atoms with Gasteiger partial charge in [0.2, 0.25) is 0 Å². The van der Waals surface area contributed by atoms with Crippen molar-refractivity contribution in [3.8, 4) is 0 Å². The molecule has 0 saturated heterocycles. The molecule has 38 heavy (non-hydrogen) atoms. The van der Waals surface area contributed by atoms with Crippen LogP contribution in [0, 0.1) is 24.2 Å². The minimum absolute atomic E-state index is 0.0944. The number of hydrogen-bond donors (Lipinski definition) is 1. The number of allylic oxidation sites excluding steroid dienone is 1. The number of hydrogen-bond acceptors (Lipinski definition) is 5. The fourth-order valence-electron chi connectivity index (χ4n) is 2.82. The van der Waals surface area contributed by atoms with Crippen LogP contribution in [0.1, 0.15) is 145 Å². The Hall–Kier alpha value is -1.30. The van der Waals surface area contributed by atoms with Crippen molar-refractivity contribution in [3.05, 3.63) is 28.9 Å². The number of ether oxygens (including phenoxy) is 2. The number of aromatic nitrogens is 2. The van der Waals surface area contributed by atoms with Crippen LogP contribution in [0.15, 0.2) is 11.8 Å². The van der Waals surface area contributed by atoms with E-state index >= 15 is 0 Å². The zero-order valence-electron chi connectivity index (χ0n) is 27.7. The van der Waals surface area contributed by atoms with Crippen molar-refractivity contribution in [1.82, 2.24) is 9.97 Å². The van der Waals surface area contributed by atoms with Gasteiger partial charge in [-0.15, -0.1) is 0 Å². The molecule has 0 saturated carbocycles. The molecule has 2 atom stereocenters. The first-order valence-corrected chi connectivity index (χ1v) is 14.9. The number of aliphatic hydroxyl groups excluding tert-OH is 1. The van der Waals surface area contributed by atoms with Crippen LogP contribution in [0.25, 0.3) is 6.08 Å². The van der Waals surface area contributed by atoms with Crippen molar-refractivity contribution >= 4 is 6.08 Å². The van der Waals surface area contributed by atoms with E-state index in [2.05, 4.69) is 106 Å². The van der Waals surface area contributed by atoms with Crippen LogP contribution in [0.2, 0.25) is 0 Å². The van der Waals surface area contributed by atoms with Gasteiger partial charge in [-0.1, -0.05) is 87.1 Å². The van der Waals surface area contributed by atoms with E-state index in [4.69, 9.17) is 9.47 Å². The van der Waals surface area contributed by atoms with E-state index < -0.39 is 6.10 Å². The first kappa shape index (κ1) is 38.8. The van der Waals surface area contributed by atoms with Crippen LogP contribution in [-0.4, -0.2) is 40.5 Å². The standard InChI is InChI=1S/C25H44N2O3.2C4H10/c1-10-11-20(17-30-25(7,8)9)16-29-13-12-23(28)22-15-26-21(19(3)27-22)14-18(2)24(4,5)6;1-4(2)3;1-3-4-2/h14-15,20,23,28H,10-13,16-17H2,1-9H3;4H,1-3H3;3-4H2,1-2H3/b18-14+;;. The second-order valence-electron chi connectivity index (χ2n) is 13.0. The van der Waals surface area contributed by atoms with Crippen LogP contribution in [0.3, 0.4) is 0 Å². The number of unbranched alkanes of at least 4 members (excludes halogenated alkanes) is 1. The maximum absolute atomic E-state index is 10.5. The van der Waals surface area contributed by atoms with Gasteiger partial charge in [0.1, 0.15) is 0 Å². The van der Waals surface area contributed by atoms with Crippen LogP contribution in [0.4, 0.5) is 0 Å². The molecule has 0 fully saturated rings. The quantitative estimate of drug-likeness (QED) is 0.270. The van der Waals surface area contributed by atoms with Gasteiger partial charge < -0.3 is 14.6 Å². The van der Waals surface area contributed by atoms with Gasteiger partial charge in [0.05, 0.1) is 48.2 Å². The molecule has 0 aliphatic carbocycles. The molecule has 0 radical (unpaired) electrons. The summed E-state index contributed by atoms with van der Waals surface area (Å²) in [4.78, 5) is 9.10. The molecule has 0 bridgehead atoms. The third-order valence-corrected chi connectivity index (χ3v) is 5.72. The number of nitrogens with zero attached hydrogens (tertiary/aromatic N) is 2. The van der Waals surface area contributed by atoms with Gasteiger partial charge in [-0.3, -0.25) is 9.97 Å². The Kier molecular flexibility index (Phi) is 21.0. The third kappa shape index (κ3) is 21.6. The molecule has 1 rings (SSSR count). The molecule has 0 spiro atoms. The van der Waals surface area contributed by atoms with Crippen LogP contribution in [0.5, 0.6) is 0 Å². The Morgan fingerprint density at radius 1 is 0.947 bits per heavy atom. The maximum Gasteiger partial charge on any atom is 0.0997 e. The minimum Gasteiger partial charge on any atom is -0.387 e. The second kappa shape index (κ2) is 20.6. The predicted molar refractivity (Wildman–Crippen MR) is 165 cm³/mol. The van der Waals surface area contributed by atoms with Gasteiger partial charge in [-0.2, -0.15) is 0 Å². The fourth-order valence-corrected chi connectivity index (χ4v) is 2.82. The summed E-state index contributed by atoms with van der Waals surface area (Å²) in [5.74, 6) is 1.21. The van der Waals surface area contributed by atoms with Crippen molar-refractivity contribution in [2.24, 2.45) is 17.3 Å². The third-order valence-electron chi connectivity index (χ3n) is 5.72. The highest BCUT2D eigenvalue weighted by molar-refractivity contribution is 5.51. The lowest BCUT2D eigenvalue weighted by Gasteiger charge is -2.24. The molecule has 1 heterocycles. The maximum atomic E-state index is 10.5. The van der Waals surface area contributed by atoms with Crippen LogP contribution < -0.4 is 0 Å². The highest BCUT2D eigenvalue weighted by Crippen LogP contribution is 2.27. The highest BCUT2D eigenvalue weighted by Gasteiger charge is 2.17. The van der Waals surface area contributed by atoms with E-state index in [1.165, 1.54) is 18.4 Å². The number of aliphatic hydroxyl groups is 1. The SMILES string of the molecule is CC(C)C.CCCC.CCCC(COCCC(O)c1cnc(/C=C(\C)C(C)(C)C)c(C)n1)COC(C)(C)C. The summed E-state index contributed by atoms with van der Waals surface area (Å²) >= 11 is 0. The van der Waals surface area contributed by atoms with E-state index in [0.717, 1.165) is 30.1 Å². The molecule has 0 aromatic carbocycles. The average molecular weight is 537 g/mol. The summed E-state index contributed by atoms with van der Waals surface area (Å²) < 4.78 is 11.8. The Bertz CT molecular complexity index is 741. The van der Waals surface area contributed by atoms with E-state index in [0.29, 0.717) is 37.9 Å². The summed E-state index contributed by atoms with van der Waals surface area (Å²) in [5, 5.41) is 10.5. The molecule has 1 N–H and O–H groups in total. The van der Waals surface area contributed by atoms with Crippen molar-refractivity contribution < 1.29 is 14.6 Å². The van der Waals surface area contributed by atoms with Crippen LogP contribution in [-0.2, 0) is 9.47 Å². The Morgan fingerprint density at radius 3 is 1.92 bits per heavy atom. The highest BCUT2D eigenvalue weighted by atomic mass is 16.5. The van der Waals surface area contributed by atoms with E-state index in [-0.39, 0.29) is 11.0 Å².